The Kier molecular flexibility index (Phi) is 3.96. The van der Waals surface area contributed by atoms with Crippen molar-refractivity contribution in [2.45, 2.75) is 19.4 Å². The number of nitrogens with zero attached hydrogens (tertiary/aromatic N) is 1. The minimum Gasteiger partial charge on any atom is -0.543 e. The molecule has 1 N–H and O–H groups in total. The quantitative estimate of drug-likeness (QED) is 0.295. The maximum atomic E-state index is 11.6. The molecule has 0 aliphatic carbocycles. The summed E-state index contributed by atoms with van der Waals surface area (Å²) < 4.78 is 0. The van der Waals surface area contributed by atoms with Crippen molar-refractivity contribution in [3.8, 4) is 0 Å². The Morgan fingerprint density at radius 2 is 2.31 bits per heavy atom. The first-order chi connectivity index (χ1) is 7.07. The van der Waals surface area contributed by atoms with Crippen molar-refractivity contribution >= 4 is 11.9 Å². The van der Waals surface area contributed by atoms with Gasteiger partial charge in [-0.05, 0) is 18.9 Å². The van der Waals surface area contributed by atoms with Gasteiger partial charge in [0, 0.05) is 5.57 Å². The van der Waals surface area contributed by atoms with Gasteiger partial charge in [-0.15, -0.1) is 0 Å². The smallest absolute Gasteiger partial charge is 0.543 e. The van der Waals surface area contributed by atoms with Crippen LogP contribution in [0.4, 0.5) is 0 Å². The Hall–Kier alpha value is -0.620. The van der Waals surface area contributed by atoms with Gasteiger partial charge in [0.05, 0.1) is 24.3 Å². The molecule has 0 aromatic rings. The molecule has 80 valence electrons. The summed E-state index contributed by atoms with van der Waals surface area (Å²) in [5, 5.41) is 19.6. The molecule has 1 fully saturated rings. The predicted molar refractivity (Wildman–Crippen MR) is 48.1 cm³/mol. The molecule has 0 unspecified atom stereocenters. The molecule has 2 heterocycles. The number of carbonyl (C=O) groups is 2. The molecule has 1 saturated heterocycles. The Bertz CT molecular complexity index is 413. The van der Waals surface area contributed by atoms with Crippen LogP contribution >= 0.6 is 0 Å². The van der Waals surface area contributed by atoms with E-state index in [-0.39, 0.29) is 53.8 Å². The fraction of sp³-hybridized carbons (Fsp3) is 0.400. The molecule has 6 heteroatoms. The van der Waals surface area contributed by atoms with Gasteiger partial charge in [-0.3, -0.25) is 9.69 Å². The van der Waals surface area contributed by atoms with Gasteiger partial charge in [0.2, 0.25) is 0 Å². The Morgan fingerprint density at radius 1 is 1.69 bits per heavy atom. The molecule has 5 nitrogen and oxygen atoms in total. The Labute approximate surface area is 115 Å². The van der Waals surface area contributed by atoms with Crippen molar-refractivity contribution in [3.05, 3.63) is 22.9 Å². The van der Waals surface area contributed by atoms with Crippen molar-refractivity contribution in [2.75, 3.05) is 6.61 Å². The first-order valence-corrected chi connectivity index (χ1v) is 4.63. The molecule has 1 amide bonds. The summed E-state index contributed by atoms with van der Waals surface area (Å²) in [6, 6.07) is -0.211. The number of carboxylic acid groups (broad SMARTS) is 1. The second-order valence-electron chi connectivity index (χ2n) is 3.66. The standard InChI is InChI=1S/C10H11NO4.Na/c1-5(4-12)8-6-2-3-7(10(14)15)11(6)9(8)13;/h3,6,12H,2,4H2,1H3,(H,14,15);/q;+1/p-1/b8-5+;/t6-;/m0./s1. The number of fused-ring (bicyclic) bond motifs is 1. The van der Waals surface area contributed by atoms with E-state index < -0.39 is 5.97 Å². The number of aliphatic carboxylic acids is 1. The van der Waals surface area contributed by atoms with Gasteiger partial charge in [0.15, 0.2) is 0 Å². The molecule has 0 radical (unpaired) electrons. The third-order valence-corrected chi connectivity index (χ3v) is 2.79. The van der Waals surface area contributed by atoms with E-state index in [1.54, 1.807) is 6.92 Å². The normalized spacial score (nSPS) is 25.4. The molecular formula is C10H10NNaO4. The molecule has 16 heavy (non-hydrogen) atoms. The van der Waals surface area contributed by atoms with Gasteiger partial charge in [-0.1, -0.05) is 6.08 Å². The van der Waals surface area contributed by atoms with Crippen molar-refractivity contribution < 1.29 is 49.4 Å². The van der Waals surface area contributed by atoms with Crippen LogP contribution in [0.5, 0.6) is 0 Å². The van der Waals surface area contributed by atoms with Crippen molar-refractivity contribution in [1.82, 2.24) is 4.90 Å². The summed E-state index contributed by atoms with van der Waals surface area (Å²) in [5.41, 5.74) is 1.08. The maximum Gasteiger partial charge on any atom is 1.00 e. The summed E-state index contributed by atoms with van der Waals surface area (Å²) in [6.07, 6.45) is 1.97. The van der Waals surface area contributed by atoms with Crippen LogP contribution in [-0.2, 0) is 9.59 Å². The average Bonchev–Trinajstić information content (AvgIpc) is 2.57. The van der Waals surface area contributed by atoms with Crippen molar-refractivity contribution in [2.24, 2.45) is 0 Å². The van der Waals surface area contributed by atoms with E-state index in [9.17, 15) is 14.7 Å². The van der Waals surface area contributed by atoms with Crippen LogP contribution in [0, 0.1) is 0 Å². The second-order valence-corrected chi connectivity index (χ2v) is 3.66. The number of amides is 1. The fourth-order valence-corrected chi connectivity index (χ4v) is 2.03. The molecule has 0 spiro atoms. The van der Waals surface area contributed by atoms with E-state index in [0.29, 0.717) is 17.6 Å². The summed E-state index contributed by atoms with van der Waals surface area (Å²) in [7, 11) is 0. The molecular weight excluding hydrogens is 221 g/mol. The summed E-state index contributed by atoms with van der Waals surface area (Å²) >= 11 is 0. The number of aliphatic hydroxyl groups is 1. The summed E-state index contributed by atoms with van der Waals surface area (Å²) in [6.45, 7) is 1.49. The Balaban J connectivity index is 0.00000128. The third kappa shape index (κ3) is 1.73. The van der Waals surface area contributed by atoms with Gasteiger partial charge in [0.25, 0.3) is 5.91 Å². The first kappa shape index (κ1) is 13.4. The molecule has 0 bridgehead atoms. The van der Waals surface area contributed by atoms with E-state index in [1.165, 1.54) is 11.0 Å². The van der Waals surface area contributed by atoms with Gasteiger partial charge >= 0.3 is 29.6 Å². The molecule has 0 saturated carbocycles. The number of rotatable bonds is 2. The van der Waals surface area contributed by atoms with E-state index in [4.69, 9.17) is 5.11 Å². The van der Waals surface area contributed by atoms with E-state index in [2.05, 4.69) is 0 Å². The molecule has 1 atom stereocenters. The molecule has 0 aromatic heterocycles. The minimum absolute atomic E-state index is 0. The molecule has 2 aliphatic rings. The van der Waals surface area contributed by atoms with E-state index in [0.717, 1.165) is 0 Å². The maximum absolute atomic E-state index is 11.6. The first-order valence-electron chi connectivity index (χ1n) is 4.63. The van der Waals surface area contributed by atoms with Crippen LogP contribution in [0.15, 0.2) is 22.9 Å². The SMILES string of the molecule is C/C(CO)=C1\C(=O)N2C(C(=O)[O-])=CC[C@@H]12.[Na+]. The zero-order valence-electron chi connectivity index (χ0n) is 9.19. The van der Waals surface area contributed by atoms with Gasteiger partial charge in [-0.25, -0.2) is 0 Å². The van der Waals surface area contributed by atoms with E-state index >= 15 is 0 Å². The largest absolute Gasteiger partial charge is 1.00 e. The number of hydrogen-bond donors (Lipinski definition) is 1. The van der Waals surface area contributed by atoms with Crippen LogP contribution in [0.1, 0.15) is 13.3 Å². The van der Waals surface area contributed by atoms with Crippen LogP contribution in [0.2, 0.25) is 0 Å². The average molecular weight is 231 g/mol. The Morgan fingerprint density at radius 3 is 2.81 bits per heavy atom. The topological polar surface area (TPSA) is 80.7 Å². The number of aliphatic hydroxyl groups excluding tert-OH is 1. The second kappa shape index (κ2) is 4.71. The number of hydrogen-bond acceptors (Lipinski definition) is 4. The van der Waals surface area contributed by atoms with Crippen LogP contribution in [-0.4, -0.2) is 34.5 Å². The molecule has 2 rings (SSSR count). The third-order valence-electron chi connectivity index (χ3n) is 2.79. The number of β-lactam (4-membered cyclic amide) rings is 1. The summed E-state index contributed by atoms with van der Waals surface area (Å²) in [4.78, 5) is 23.4. The van der Waals surface area contributed by atoms with Crippen LogP contribution < -0.4 is 34.7 Å². The summed E-state index contributed by atoms with van der Waals surface area (Å²) in [5.74, 6) is -1.66. The predicted octanol–water partition coefficient (Wildman–Crippen LogP) is -4.45. The fourth-order valence-electron chi connectivity index (χ4n) is 2.03. The van der Waals surface area contributed by atoms with E-state index in [1.807, 2.05) is 0 Å². The minimum atomic E-state index is -1.33. The van der Waals surface area contributed by atoms with Gasteiger partial charge < -0.3 is 15.0 Å². The van der Waals surface area contributed by atoms with Gasteiger partial charge in [-0.2, -0.15) is 0 Å². The number of carboxylic acids is 1. The monoisotopic (exact) mass is 231 g/mol. The van der Waals surface area contributed by atoms with Crippen LogP contribution in [0.3, 0.4) is 0 Å². The molecule has 0 aromatic carbocycles. The van der Waals surface area contributed by atoms with Gasteiger partial charge in [0.1, 0.15) is 0 Å². The zero-order chi connectivity index (χ0) is 11.2. The van der Waals surface area contributed by atoms with Crippen molar-refractivity contribution in [3.63, 3.8) is 0 Å². The number of carbonyl (C=O) groups excluding carboxylic acids is 2. The molecule has 2 aliphatic heterocycles. The zero-order valence-corrected chi connectivity index (χ0v) is 11.2. The van der Waals surface area contributed by atoms with Crippen molar-refractivity contribution in [1.29, 1.82) is 0 Å². The van der Waals surface area contributed by atoms with Crippen LogP contribution in [0.25, 0.3) is 0 Å².